The molecule has 1 aliphatic rings. The van der Waals surface area contributed by atoms with Gasteiger partial charge in [0.05, 0.1) is 5.75 Å². The number of carbonyl (C=O) groups excluding carboxylic acids is 2. The monoisotopic (exact) mass is 381 g/mol. The highest BCUT2D eigenvalue weighted by Gasteiger charge is 2.35. The molecule has 2 rings (SSSR count). The summed E-state index contributed by atoms with van der Waals surface area (Å²) in [7, 11) is -1.85. The molecule has 2 N–H and O–H groups in total. The van der Waals surface area contributed by atoms with Crippen molar-refractivity contribution < 1.29 is 18.0 Å². The molecule has 1 unspecified atom stereocenters. The Kier molecular flexibility index (Phi) is 7.16. The fourth-order valence-corrected chi connectivity index (χ4v) is 4.90. The third-order valence-corrected chi connectivity index (χ3v) is 6.53. The van der Waals surface area contributed by atoms with Crippen LogP contribution in [0.1, 0.15) is 48.5 Å². The van der Waals surface area contributed by atoms with Gasteiger partial charge in [-0.25, -0.2) is 8.42 Å². The zero-order chi connectivity index (χ0) is 19.2. The number of benzene rings is 1. The van der Waals surface area contributed by atoms with Gasteiger partial charge in [0.2, 0.25) is 15.9 Å². The molecule has 0 bridgehead atoms. The lowest BCUT2D eigenvalue weighted by molar-refractivity contribution is -0.125. The summed E-state index contributed by atoms with van der Waals surface area (Å²) in [6, 6.07) is 6.34. The molecule has 1 fully saturated rings. The summed E-state index contributed by atoms with van der Waals surface area (Å²) in [5, 5.41) is 5.38. The summed E-state index contributed by atoms with van der Waals surface area (Å²) in [6.45, 7) is 2.46. The van der Waals surface area contributed by atoms with E-state index in [9.17, 15) is 18.0 Å². The van der Waals surface area contributed by atoms with Crippen molar-refractivity contribution in [3.05, 3.63) is 35.4 Å². The minimum atomic E-state index is -3.41. The predicted octanol–water partition coefficient (Wildman–Crippen LogP) is 1.26. The van der Waals surface area contributed by atoms with E-state index in [1.165, 1.54) is 4.31 Å². The van der Waals surface area contributed by atoms with E-state index in [2.05, 4.69) is 10.6 Å². The molecule has 0 spiro atoms. The minimum absolute atomic E-state index is 0.0605. The molecule has 2 amide bonds. The van der Waals surface area contributed by atoms with E-state index in [0.717, 1.165) is 18.4 Å². The molecule has 0 radical (unpaired) electrons. The summed E-state index contributed by atoms with van der Waals surface area (Å²) < 4.78 is 26.2. The number of nitrogens with one attached hydrogen (secondary N) is 2. The lowest BCUT2D eigenvalue weighted by Gasteiger charge is -2.33. The van der Waals surface area contributed by atoms with E-state index in [1.807, 2.05) is 13.0 Å². The largest absolute Gasteiger partial charge is 0.355 e. The quantitative estimate of drug-likeness (QED) is 0.743. The number of hydrogen-bond acceptors (Lipinski definition) is 4. The summed E-state index contributed by atoms with van der Waals surface area (Å²) in [5.74, 6) is -0.415. The minimum Gasteiger partial charge on any atom is -0.355 e. The lowest BCUT2D eigenvalue weighted by atomic mass is 10.0. The van der Waals surface area contributed by atoms with Crippen LogP contribution in [0.25, 0.3) is 0 Å². The van der Waals surface area contributed by atoms with Crippen molar-refractivity contribution in [3.63, 3.8) is 0 Å². The Morgan fingerprint density at radius 3 is 2.73 bits per heavy atom. The van der Waals surface area contributed by atoms with Crippen molar-refractivity contribution in [3.8, 4) is 0 Å². The van der Waals surface area contributed by atoms with Crippen molar-refractivity contribution in [1.29, 1.82) is 0 Å². The molecule has 8 heteroatoms. The van der Waals surface area contributed by atoms with Gasteiger partial charge < -0.3 is 10.6 Å². The fraction of sp³-hybridized carbons (Fsp3) is 0.556. The van der Waals surface area contributed by atoms with Crippen LogP contribution in [0, 0.1) is 0 Å². The molecule has 1 atom stereocenters. The average molecular weight is 381 g/mol. The Balaban J connectivity index is 2.05. The summed E-state index contributed by atoms with van der Waals surface area (Å²) >= 11 is 0. The van der Waals surface area contributed by atoms with Gasteiger partial charge in [0.15, 0.2) is 0 Å². The highest BCUT2D eigenvalue weighted by molar-refractivity contribution is 7.89. The molecule has 1 aromatic carbocycles. The molecule has 1 saturated heterocycles. The van der Waals surface area contributed by atoms with Gasteiger partial charge in [0.25, 0.3) is 5.91 Å². The van der Waals surface area contributed by atoms with Crippen molar-refractivity contribution in [2.45, 2.75) is 45.2 Å². The smallest absolute Gasteiger partial charge is 0.251 e. The number of piperidine rings is 1. The van der Waals surface area contributed by atoms with Gasteiger partial charge in [-0.3, -0.25) is 9.59 Å². The lowest BCUT2D eigenvalue weighted by Crippen LogP contribution is -2.52. The molecular weight excluding hydrogens is 354 g/mol. The second-order valence-corrected chi connectivity index (χ2v) is 8.48. The highest BCUT2D eigenvalue weighted by Crippen LogP contribution is 2.21. The van der Waals surface area contributed by atoms with Crippen LogP contribution in [0.3, 0.4) is 0 Å². The molecule has 0 aliphatic carbocycles. The van der Waals surface area contributed by atoms with Gasteiger partial charge in [0.1, 0.15) is 6.04 Å². The number of nitrogens with zero attached hydrogens (tertiary/aromatic N) is 1. The average Bonchev–Trinajstić information content (AvgIpc) is 2.65. The zero-order valence-electron chi connectivity index (χ0n) is 15.3. The van der Waals surface area contributed by atoms with Gasteiger partial charge in [-0.05, 0) is 37.0 Å². The van der Waals surface area contributed by atoms with E-state index in [0.29, 0.717) is 24.9 Å². The van der Waals surface area contributed by atoms with E-state index in [1.54, 1.807) is 25.2 Å². The van der Waals surface area contributed by atoms with Crippen LogP contribution in [-0.2, 0) is 21.4 Å². The molecule has 0 saturated carbocycles. The standard InChI is InChI=1S/C18H27N3O4S/c1-3-11-26(24,25)21-10-5-4-9-16(21)18(23)20-13-14-7-6-8-15(12-14)17(22)19-2/h6-8,12,16H,3-5,9-11,13H2,1-2H3,(H,19,22)(H,20,23). The topological polar surface area (TPSA) is 95.6 Å². The van der Waals surface area contributed by atoms with E-state index in [4.69, 9.17) is 0 Å². The van der Waals surface area contributed by atoms with E-state index < -0.39 is 16.1 Å². The molecular formula is C18H27N3O4S. The zero-order valence-corrected chi connectivity index (χ0v) is 16.1. The number of amides is 2. The van der Waals surface area contributed by atoms with E-state index in [-0.39, 0.29) is 24.1 Å². The van der Waals surface area contributed by atoms with Gasteiger partial charge >= 0.3 is 0 Å². The molecule has 26 heavy (non-hydrogen) atoms. The Morgan fingerprint density at radius 1 is 1.27 bits per heavy atom. The molecule has 0 aromatic heterocycles. The third-order valence-electron chi connectivity index (χ3n) is 4.46. The van der Waals surface area contributed by atoms with Crippen LogP contribution in [0.4, 0.5) is 0 Å². The normalized spacial score (nSPS) is 18.3. The Morgan fingerprint density at radius 2 is 2.04 bits per heavy atom. The highest BCUT2D eigenvalue weighted by atomic mass is 32.2. The van der Waals surface area contributed by atoms with E-state index >= 15 is 0 Å². The summed E-state index contributed by atoms with van der Waals surface area (Å²) in [5.41, 5.74) is 1.31. The molecule has 1 aliphatic heterocycles. The maximum atomic E-state index is 12.6. The Bertz CT molecular complexity index is 749. The van der Waals surface area contributed by atoms with Crippen molar-refractivity contribution in [1.82, 2.24) is 14.9 Å². The SMILES string of the molecule is CCCS(=O)(=O)N1CCCCC1C(=O)NCc1cccc(C(=O)NC)c1. The van der Waals surface area contributed by atoms with Crippen LogP contribution >= 0.6 is 0 Å². The first-order valence-corrected chi connectivity index (χ1v) is 10.6. The number of hydrogen-bond donors (Lipinski definition) is 2. The van der Waals surface area contributed by atoms with Crippen LogP contribution < -0.4 is 10.6 Å². The van der Waals surface area contributed by atoms with Crippen LogP contribution in [0.2, 0.25) is 0 Å². The van der Waals surface area contributed by atoms with Crippen molar-refractivity contribution >= 4 is 21.8 Å². The van der Waals surface area contributed by atoms with Crippen molar-refractivity contribution in [2.24, 2.45) is 0 Å². The summed E-state index contributed by atoms with van der Waals surface area (Å²) in [6.07, 6.45) is 2.68. The molecule has 1 aromatic rings. The first-order valence-electron chi connectivity index (χ1n) is 8.97. The van der Waals surface area contributed by atoms with Crippen LogP contribution in [0.15, 0.2) is 24.3 Å². The predicted molar refractivity (Wildman–Crippen MR) is 100 cm³/mol. The second kappa shape index (κ2) is 9.14. The Labute approximate surface area is 155 Å². The van der Waals surface area contributed by atoms with Crippen molar-refractivity contribution in [2.75, 3.05) is 19.3 Å². The first-order chi connectivity index (χ1) is 12.4. The van der Waals surface area contributed by atoms with Crippen LogP contribution in [0.5, 0.6) is 0 Å². The summed E-state index contributed by atoms with van der Waals surface area (Å²) in [4.78, 5) is 24.3. The van der Waals surface area contributed by atoms with Gasteiger partial charge in [-0.1, -0.05) is 25.5 Å². The number of carbonyl (C=O) groups is 2. The van der Waals surface area contributed by atoms with Gasteiger partial charge in [0, 0.05) is 25.7 Å². The first kappa shape index (κ1) is 20.4. The van der Waals surface area contributed by atoms with Crippen LogP contribution in [-0.4, -0.2) is 49.9 Å². The molecule has 1 heterocycles. The number of sulfonamides is 1. The van der Waals surface area contributed by atoms with Gasteiger partial charge in [-0.2, -0.15) is 4.31 Å². The second-order valence-electron chi connectivity index (χ2n) is 6.44. The fourth-order valence-electron chi connectivity index (χ4n) is 3.15. The van der Waals surface area contributed by atoms with Gasteiger partial charge in [-0.15, -0.1) is 0 Å². The molecule has 7 nitrogen and oxygen atoms in total. The maximum Gasteiger partial charge on any atom is 0.251 e. The Hall–Kier alpha value is -1.93. The molecule has 144 valence electrons. The number of rotatable bonds is 7. The third kappa shape index (κ3) is 5.04. The maximum absolute atomic E-state index is 12.6.